The van der Waals surface area contributed by atoms with Gasteiger partial charge in [-0.3, -0.25) is 0 Å². The molecule has 0 unspecified atom stereocenters. The first-order chi connectivity index (χ1) is 42.4. The normalized spacial score (nSPS) is 13.0. The second-order valence-corrected chi connectivity index (χ2v) is 24.8. The van der Waals surface area contributed by atoms with Gasteiger partial charge in [-0.2, -0.15) is 0 Å². The van der Waals surface area contributed by atoms with Crippen molar-refractivity contribution in [2.75, 3.05) is 9.80 Å². The third-order valence-corrected chi connectivity index (χ3v) is 18.5. The molecular weight excluding hydrogens is 1070 g/mol. The van der Waals surface area contributed by atoms with Gasteiger partial charge < -0.3 is 14.2 Å². The standard InChI is InChI=1S/C82H60F2N2O/c1-50(2)51-28-34-57(35-29-51)85(60-38-41-62(72(83)47-60)52-18-8-6-9-19-52)59-40-43-66-70(46-59)82(68-44-30-54-22-12-14-24-64(54)76(68)77-65-25-15-13-23-55(65)31-45-69(77)82)71-49-74(79-67-26-16-17-27-75(67)87-80(79)78(66)71)86(58-36-32-56(33-37-58)81(3,4)5)61-39-42-63(73(84)48-61)53-20-10-7-11-21-53/h6-50H,1-5H3. The van der Waals surface area contributed by atoms with Crippen molar-refractivity contribution in [2.45, 2.75) is 51.4 Å². The molecule has 2 aliphatic carbocycles. The van der Waals surface area contributed by atoms with Crippen LogP contribution >= 0.6 is 0 Å². The predicted molar refractivity (Wildman–Crippen MR) is 358 cm³/mol. The van der Waals surface area contributed by atoms with E-state index < -0.39 is 5.41 Å². The lowest BCUT2D eigenvalue weighted by molar-refractivity contribution is 0.590. The maximum Gasteiger partial charge on any atom is 0.145 e. The number of nitrogens with zero attached hydrogens (tertiary/aromatic N) is 2. The maximum atomic E-state index is 17.3. The third kappa shape index (κ3) is 8.06. The van der Waals surface area contributed by atoms with E-state index in [0.29, 0.717) is 28.4 Å². The molecule has 0 radical (unpaired) electrons. The molecule has 16 rings (SSSR count). The van der Waals surface area contributed by atoms with E-state index in [4.69, 9.17) is 4.42 Å². The maximum absolute atomic E-state index is 17.3. The van der Waals surface area contributed by atoms with Crippen LogP contribution in [0.4, 0.5) is 42.9 Å². The van der Waals surface area contributed by atoms with Crippen LogP contribution in [0.5, 0.6) is 0 Å². The van der Waals surface area contributed by atoms with Crippen LogP contribution in [0.25, 0.3) is 88.0 Å². The highest BCUT2D eigenvalue weighted by Gasteiger charge is 2.54. The van der Waals surface area contributed by atoms with E-state index in [9.17, 15) is 0 Å². The Labute approximate surface area is 505 Å². The van der Waals surface area contributed by atoms with Crippen molar-refractivity contribution < 1.29 is 13.2 Å². The number of furan rings is 1. The van der Waals surface area contributed by atoms with Gasteiger partial charge in [-0.05, 0) is 179 Å². The molecule has 1 spiro atoms. The molecule has 0 saturated heterocycles. The van der Waals surface area contributed by atoms with E-state index in [2.05, 4.69) is 214 Å². The fourth-order valence-corrected chi connectivity index (χ4v) is 14.4. The van der Waals surface area contributed by atoms with Crippen molar-refractivity contribution in [3.63, 3.8) is 0 Å². The van der Waals surface area contributed by atoms with Crippen LogP contribution in [0.15, 0.2) is 271 Å². The highest BCUT2D eigenvalue weighted by Crippen LogP contribution is 2.68. The van der Waals surface area contributed by atoms with E-state index in [1.54, 1.807) is 12.1 Å². The molecule has 0 bridgehead atoms. The summed E-state index contributed by atoms with van der Waals surface area (Å²) in [6.45, 7) is 11.1. The molecule has 0 N–H and O–H groups in total. The summed E-state index contributed by atoms with van der Waals surface area (Å²) in [5.41, 5.74) is 19.2. The van der Waals surface area contributed by atoms with E-state index in [0.717, 1.165) is 111 Å². The largest absolute Gasteiger partial charge is 0.455 e. The number of hydrogen-bond acceptors (Lipinski definition) is 3. The Morgan fingerprint density at radius 1 is 0.391 bits per heavy atom. The average molecular weight is 1130 g/mol. The molecule has 0 fully saturated rings. The molecule has 5 heteroatoms. The van der Waals surface area contributed by atoms with Crippen molar-refractivity contribution in [1.29, 1.82) is 0 Å². The Morgan fingerprint density at radius 3 is 1.41 bits per heavy atom. The van der Waals surface area contributed by atoms with E-state index in [-0.39, 0.29) is 17.0 Å². The molecule has 0 amide bonds. The molecule has 0 atom stereocenters. The van der Waals surface area contributed by atoms with E-state index in [1.807, 2.05) is 84.9 Å². The summed E-state index contributed by atoms with van der Waals surface area (Å²) in [4.78, 5) is 4.44. The summed E-state index contributed by atoms with van der Waals surface area (Å²) >= 11 is 0. The minimum absolute atomic E-state index is 0.115. The molecule has 1 aromatic heterocycles. The first-order valence-electron chi connectivity index (χ1n) is 30.1. The van der Waals surface area contributed by atoms with Gasteiger partial charge in [0.15, 0.2) is 0 Å². The lowest BCUT2D eigenvalue weighted by Crippen LogP contribution is -2.26. The first kappa shape index (κ1) is 52.2. The van der Waals surface area contributed by atoms with E-state index >= 15 is 8.78 Å². The van der Waals surface area contributed by atoms with Gasteiger partial charge in [-0.25, -0.2) is 8.78 Å². The zero-order valence-corrected chi connectivity index (χ0v) is 49.0. The topological polar surface area (TPSA) is 19.6 Å². The Kier molecular flexibility index (Phi) is 11.9. The fraction of sp³-hybridized carbons (Fsp3) is 0.0976. The lowest BCUT2D eigenvalue weighted by Gasteiger charge is -2.34. The van der Waals surface area contributed by atoms with Gasteiger partial charge in [0.1, 0.15) is 22.8 Å². The smallest absolute Gasteiger partial charge is 0.145 e. The van der Waals surface area contributed by atoms with Crippen molar-refractivity contribution in [3.8, 4) is 44.5 Å². The van der Waals surface area contributed by atoms with Gasteiger partial charge in [-0.15, -0.1) is 0 Å². The highest BCUT2D eigenvalue weighted by atomic mass is 19.1. The number of para-hydroxylation sites is 1. The SMILES string of the molecule is CC(C)c1ccc(N(c2ccc(-c3ccccc3)c(F)c2)c2ccc3c(c2)C2(c4ccc5ccccc5c4-c4c2ccc2ccccc42)c2cc(N(c4ccc(C(C)(C)C)cc4)c4ccc(-c5ccccc5)c(F)c4)c4c(oc5ccccc54)c2-3)cc1. The lowest BCUT2D eigenvalue weighted by atomic mass is 9.70. The number of halogens is 2. The monoisotopic (exact) mass is 1130 g/mol. The number of hydrogen-bond donors (Lipinski definition) is 0. The molecule has 14 aromatic rings. The van der Waals surface area contributed by atoms with Crippen LogP contribution < -0.4 is 9.80 Å². The van der Waals surface area contributed by atoms with Crippen LogP contribution in [0, 0.1) is 11.6 Å². The van der Waals surface area contributed by atoms with Crippen LogP contribution in [0.1, 0.15) is 73.9 Å². The van der Waals surface area contributed by atoms with Gasteiger partial charge in [0.05, 0.1) is 16.5 Å². The van der Waals surface area contributed by atoms with Crippen molar-refractivity contribution >= 4 is 77.6 Å². The summed E-state index contributed by atoms with van der Waals surface area (Å²) in [6, 6.07) is 92.6. The summed E-state index contributed by atoms with van der Waals surface area (Å²) in [5, 5.41) is 6.49. The second-order valence-electron chi connectivity index (χ2n) is 24.8. The van der Waals surface area contributed by atoms with Crippen LogP contribution in [-0.4, -0.2) is 0 Å². The predicted octanol–water partition coefficient (Wildman–Crippen LogP) is 23.2. The third-order valence-electron chi connectivity index (χ3n) is 18.5. The number of benzene rings is 13. The summed E-state index contributed by atoms with van der Waals surface area (Å²) in [7, 11) is 0. The molecule has 0 aliphatic heterocycles. The highest BCUT2D eigenvalue weighted by molar-refractivity contribution is 6.21. The summed E-state index contributed by atoms with van der Waals surface area (Å²) in [6.07, 6.45) is 0. The Bertz CT molecular complexity index is 4990. The van der Waals surface area contributed by atoms with Gasteiger partial charge >= 0.3 is 0 Å². The quantitative estimate of drug-likeness (QED) is 0.144. The molecule has 2 aliphatic rings. The Morgan fingerprint density at radius 2 is 0.862 bits per heavy atom. The zero-order chi connectivity index (χ0) is 58.9. The van der Waals surface area contributed by atoms with Crippen molar-refractivity contribution in [3.05, 3.63) is 312 Å². The molecule has 3 nitrogen and oxygen atoms in total. The van der Waals surface area contributed by atoms with Crippen LogP contribution in [0.2, 0.25) is 0 Å². The Hall–Kier alpha value is -10.4. The van der Waals surface area contributed by atoms with Crippen molar-refractivity contribution in [2.24, 2.45) is 0 Å². The minimum Gasteiger partial charge on any atom is -0.455 e. The van der Waals surface area contributed by atoms with E-state index in [1.165, 1.54) is 22.3 Å². The number of rotatable bonds is 9. The Balaban J connectivity index is 1.04. The number of anilines is 6. The summed E-state index contributed by atoms with van der Waals surface area (Å²) < 4.78 is 41.8. The molecule has 0 saturated carbocycles. The van der Waals surface area contributed by atoms with Gasteiger partial charge in [0.2, 0.25) is 0 Å². The van der Waals surface area contributed by atoms with Gasteiger partial charge in [-0.1, -0.05) is 217 Å². The molecule has 418 valence electrons. The van der Waals surface area contributed by atoms with Crippen molar-refractivity contribution in [1.82, 2.24) is 0 Å². The minimum atomic E-state index is -0.971. The zero-order valence-electron chi connectivity index (χ0n) is 49.0. The fourth-order valence-electron chi connectivity index (χ4n) is 14.4. The summed E-state index contributed by atoms with van der Waals surface area (Å²) in [5.74, 6) is -0.317. The van der Waals surface area contributed by atoms with Crippen LogP contribution in [-0.2, 0) is 10.8 Å². The molecule has 1 heterocycles. The number of fused-ring (bicyclic) bond motifs is 18. The van der Waals surface area contributed by atoms with Crippen LogP contribution in [0.3, 0.4) is 0 Å². The molecule has 87 heavy (non-hydrogen) atoms. The molecular formula is C82H60F2N2O. The molecule has 13 aromatic carbocycles. The second kappa shape index (κ2) is 19.9. The average Bonchev–Trinajstić information content (AvgIpc) is 1.49. The van der Waals surface area contributed by atoms with Gasteiger partial charge in [0.25, 0.3) is 0 Å². The first-order valence-corrected chi connectivity index (χ1v) is 30.1. The van der Waals surface area contributed by atoms with Gasteiger partial charge in [0, 0.05) is 50.5 Å².